The highest BCUT2D eigenvalue weighted by molar-refractivity contribution is 6.33. The van der Waals surface area contributed by atoms with Gasteiger partial charge in [0.2, 0.25) is 0 Å². The Morgan fingerprint density at radius 2 is 1.89 bits per heavy atom. The van der Waals surface area contributed by atoms with Gasteiger partial charge in [0, 0.05) is 19.9 Å². The summed E-state index contributed by atoms with van der Waals surface area (Å²) in [6.45, 7) is 1.92. The van der Waals surface area contributed by atoms with Crippen LogP contribution in [0.15, 0.2) is 18.2 Å². The number of carbonyl (C=O) groups is 1. The van der Waals surface area contributed by atoms with Crippen LogP contribution in [-0.2, 0) is 14.2 Å². The summed E-state index contributed by atoms with van der Waals surface area (Å²) in [5.74, 6) is -0.462. The van der Waals surface area contributed by atoms with Crippen LogP contribution in [0.2, 0.25) is 5.02 Å². The molecule has 5 nitrogen and oxygen atoms in total. The van der Waals surface area contributed by atoms with Crippen LogP contribution in [0, 0.1) is 0 Å². The van der Waals surface area contributed by atoms with E-state index in [-0.39, 0.29) is 12.3 Å². The molecule has 0 aliphatic rings. The van der Waals surface area contributed by atoms with Gasteiger partial charge in [-0.05, 0) is 25.1 Å². The van der Waals surface area contributed by atoms with E-state index in [2.05, 4.69) is 10.1 Å². The molecule has 0 spiro atoms. The van der Waals surface area contributed by atoms with E-state index in [9.17, 15) is 4.79 Å². The number of anilines is 1. The second kappa shape index (κ2) is 7.33. The van der Waals surface area contributed by atoms with Crippen molar-refractivity contribution in [1.82, 2.24) is 0 Å². The average Bonchev–Trinajstić information content (AvgIpc) is 2.39. The van der Waals surface area contributed by atoms with Gasteiger partial charge in [0.25, 0.3) is 0 Å². The third-order valence-electron chi connectivity index (χ3n) is 2.64. The van der Waals surface area contributed by atoms with Crippen LogP contribution in [0.5, 0.6) is 0 Å². The van der Waals surface area contributed by atoms with Crippen molar-refractivity contribution in [2.45, 2.75) is 19.3 Å². The third-order valence-corrected chi connectivity index (χ3v) is 2.95. The lowest BCUT2D eigenvalue weighted by molar-refractivity contribution is -0.109. The first kappa shape index (κ1) is 15.8. The summed E-state index contributed by atoms with van der Waals surface area (Å²) in [6.07, 6.45) is -0.376. The molecule has 19 heavy (non-hydrogen) atoms. The third kappa shape index (κ3) is 4.09. The molecule has 0 bridgehead atoms. The fourth-order valence-electron chi connectivity index (χ4n) is 1.72. The molecule has 6 heteroatoms. The van der Waals surface area contributed by atoms with Gasteiger partial charge in [-0.3, -0.25) is 0 Å². The highest BCUT2D eigenvalue weighted by Crippen LogP contribution is 2.22. The first-order valence-electron chi connectivity index (χ1n) is 5.73. The van der Waals surface area contributed by atoms with E-state index in [4.69, 9.17) is 21.1 Å². The molecule has 0 radical (unpaired) electrons. The van der Waals surface area contributed by atoms with Gasteiger partial charge < -0.3 is 19.5 Å². The van der Waals surface area contributed by atoms with Crippen LogP contribution >= 0.6 is 11.6 Å². The minimum absolute atomic E-state index is 0.0740. The van der Waals surface area contributed by atoms with Crippen molar-refractivity contribution >= 4 is 23.3 Å². The summed E-state index contributed by atoms with van der Waals surface area (Å²) in [5.41, 5.74) is 1.10. The Balaban J connectivity index is 2.81. The molecule has 0 fully saturated rings. The number of carbonyl (C=O) groups excluding carboxylic acids is 1. The largest absolute Gasteiger partial charge is 0.465 e. The maximum Gasteiger partial charge on any atom is 0.339 e. The lowest BCUT2D eigenvalue weighted by Gasteiger charge is -2.23. The topological polar surface area (TPSA) is 56.8 Å². The Morgan fingerprint density at radius 1 is 1.26 bits per heavy atom. The quantitative estimate of drug-likeness (QED) is 0.644. The summed E-state index contributed by atoms with van der Waals surface area (Å²) in [6, 6.07) is 4.94. The lowest BCUT2D eigenvalue weighted by atomic mass is 10.2. The van der Waals surface area contributed by atoms with Crippen molar-refractivity contribution in [2.24, 2.45) is 0 Å². The van der Waals surface area contributed by atoms with Crippen LogP contribution in [0.4, 0.5) is 5.69 Å². The number of rotatable bonds is 6. The van der Waals surface area contributed by atoms with Gasteiger partial charge in [0.15, 0.2) is 6.29 Å². The molecule has 1 aromatic rings. The first-order chi connectivity index (χ1) is 9.03. The minimum Gasteiger partial charge on any atom is -0.465 e. The Bertz CT molecular complexity index is 435. The van der Waals surface area contributed by atoms with Gasteiger partial charge in [-0.25, -0.2) is 4.79 Å². The smallest absolute Gasteiger partial charge is 0.339 e. The van der Waals surface area contributed by atoms with Crippen LogP contribution in [0.3, 0.4) is 0 Å². The number of hydrogen-bond donors (Lipinski definition) is 1. The van der Waals surface area contributed by atoms with Crippen molar-refractivity contribution in [3.63, 3.8) is 0 Å². The molecular weight excluding hydrogens is 270 g/mol. The first-order valence-corrected chi connectivity index (χ1v) is 6.11. The SMILES string of the molecule is COC(=O)c1ccc(NC(C)C(OC)OC)cc1Cl. The molecule has 1 N–H and O–H groups in total. The average molecular weight is 288 g/mol. The van der Waals surface area contributed by atoms with Crippen molar-refractivity contribution in [3.05, 3.63) is 28.8 Å². The molecule has 0 saturated carbocycles. The number of methoxy groups -OCH3 is 3. The number of nitrogens with one attached hydrogen (secondary N) is 1. The number of halogens is 1. The number of ether oxygens (including phenoxy) is 3. The lowest BCUT2D eigenvalue weighted by Crippen LogP contribution is -2.33. The standard InChI is InChI=1S/C13H18ClNO4/c1-8(13(18-3)19-4)15-9-5-6-10(11(14)7-9)12(16)17-2/h5-8,13,15H,1-4H3. The van der Waals surface area contributed by atoms with Crippen LogP contribution in [0.25, 0.3) is 0 Å². The Morgan fingerprint density at radius 3 is 2.37 bits per heavy atom. The second-order valence-corrected chi connectivity index (χ2v) is 4.37. The summed E-state index contributed by atoms with van der Waals surface area (Å²) in [4.78, 5) is 11.4. The summed E-state index contributed by atoms with van der Waals surface area (Å²) >= 11 is 6.03. The molecule has 1 aromatic carbocycles. The molecular formula is C13H18ClNO4. The molecule has 106 valence electrons. The van der Waals surface area contributed by atoms with Gasteiger partial charge in [-0.1, -0.05) is 11.6 Å². The van der Waals surface area contributed by atoms with Crippen molar-refractivity contribution in [2.75, 3.05) is 26.6 Å². The van der Waals surface area contributed by atoms with E-state index in [1.165, 1.54) is 7.11 Å². The highest BCUT2D eigenvalue weighted by Gasteiger charge is 2.16. The summed E-state index contributed by atoms with van der Waals surface area (Å²) in [5, 5.41) is 3.51. The van der Waals surface area contributed by atoms with E-state index < -0.39 is 5.97 Å². The molecule has 0 aliphatic carbocycles. The predicted octanol–water partition coefficient (Wildman–Crippen LogP) is 2.55. The maximum atomic E-state index is 11.4. The van der Waals surface area contributed by atoms with E-state index in [0.29, 0.717) is 10.6 Å². The van der Waals surface area contributed by atoms with Gasteiger partial charge in [-0.15, -0.1) is 0 Å². The maximum absolute atomic E-state index is 11.4. The Kier molecular flexibility index (Phi) is 6.08. The number of benzene rings is 1. The molecule has 0 saturated heterocycles. The normalized spacial score (nSPS) is 12.3. The molecule has 1 unspecified atom stereocenters. The summed E-state index contributed by atoms with van der Waals surface area (Å²) < 4.78 is 14.9. The van der Waals surface area contributed by atoms with Crippen LogP contribution < -0.4 is 5.32 Å². The zero-order chi connectivity index (χ0) is 14.4. The zero-order valence-electron chi connectivity index (χ0n) is 11.4. The van der Waals surface area contributed by atoms with E-state index in [1.807, 2.05) is 6.92 Å². The monoisotopic (exact) mass is 287 g/mol. The fourth-order valence-corrected chi connectivity index (χ4v) is 1.97. The van der Waals surface area contributed by atoms with Crippen molar-refractivity contribution in [1.29, 1.82) is 0 Å². The van der Waals surface area contributed by atoms with Crippen molar-refractivity contribution < 1.29 is 19.0 Å². The summed E-state index contributed by atoms with van der Waals surface area (Å²) in [7, 11) is 4.45. The van der Waals surface area contributed by atoms with Crippen molar-refractivity contribution in [3.8, 4) is 0 Å². The number of hydrogen-bond acceptors (Lipinski definition) is 5. The van der Waals surface area contributed by atoms with Gasteiger partial charge >= 0.3 is 5.97 Å². The minimum atomic E-state index is -0.462. The van der Waals surface area contributed by atoms with Gasteiger partial charge in [0.05, 0.1) is 23.7 Å². The van der Waals surface area contributed by atoms with E-state index >= 15 is 0 Å². The van der Waals surface area contributed by atoms with Gasteiger partial charge in [-0.2, -0.15) is 0 Å². The van der Waals surface area contributed by atoms with Crippen LogP contribution in [-0.4, -0.2) is 39.6 Å². The molecule has 1 rings (SSSR count). The Labute approximate surface area is 117 Å². The van der Waals surface area contributed by atoms with E-state index in [0.717, 1.165) is 5.69 Å². The fraction of sp³-hybridized carbons (Fsp3) is 0.462. The molecule has 1 atom stereocenters. The predicted molar refractivity (Wildman–Crippen MR) is 73.7 cm³/mol. The Hall–Kier alpha value is -1.30. The highest BCUT2D eigenvalue weighted by atomic mass is 35.5. The molecule has 0 aromatic heterocycles. The van der Waals surface area contributed by atoms with Gasteiger partial charge in [0.1, 0.15) is 0 Å². The zero-order valence-corrected chi connectivity index (χ0v) is 12.2. The molecule has 0 amide bonds. The number of esters is 1. The van der Waals surface area contributed by atoms with Crippen LogP contribution in [0.1, 0.15) is 17.3 Å². The molecule has 0 aliphatic heterocycles. The molecule has 0 heterocycles. The second-order valence-electron chi connectivity index (χ2n) is 3.96. The van der Waals surface area contributed by atoms with E-state index in [1.54, 1.807) is 32.4 Å².